The van der Waals surface area contributed by atoms with E-state index in [4.69, 9.17) is 9.47 Å². The monoisotopic (exact) mass is 386 g/mol. The topological polar surface area (TPSA) is 89.4 Å². The molecule has 2 N–H and O–H groups in total. The maximum Gasteiger partial charge on any atom is 0.279 e. The zero-order valence-corrected chi connectivity index (χ0v) is 16.7. The molecule has 1 aliphatic rings. The number of rotatable bonds is 6. The summed E-state index contributed by atoms with van der Waals surface area (Å²) in [5.74, 6) is 0.0674. The normalized spacial score (nSPS) is 23.7. The van der Waals surface area contributed by atoms with Gasteiger partial charge in [-0.15, -0.1) is 0 Å². The van der Waals surface area contributed by atoms with Gasteiger partial charge in [0.15, 0.2) is 6.54 Å². The summed E-state index contributed by atoms with van der Waals surface area (Å²) < 4.78 is 36.8. The first kappa shape index (κ1) is 20.6. The van der Waals surface area contributed by atoms with Crippen molar-refractivity contribution in [3.8, 4) is 5.75 Å². The second-order valence-electron chi connectivity index (χ2n) is 6.79. The van der Waals surface area contributed by atoms with Gasteiger partial charge in [-0.3, -0.25) is 4.79 Å². The van der Waals surface area contributed by atoms with Crippen LogP contribution in [0.1, 0.15) is 13.8 Å². The Morgan fingerprint density at radius 2 is 1.92 bits per heavy atom. The molecule has 1 saturated heterocycles. The standard InChI is InChI=1S/C17H27N3O5S/c1-12-9-20(10-13(2)25-12)11-17(21)18-14-6-7-15(24-5)16(8-14)26(22,23)19(3)4/h6-8,12-13H,9-11H2,1-5H3,(H,18,21)/p+1/t12-,13-/m0/s1. The first-order valence-electron chi connectivity index (χ1n) is 8.53. The van der Waals surface area contributed by atoms with E-state index in [0.29, 0.717) is 12.2 Å². The molecular formula is C17H28N3O5S+. The number of hydrogen-bond donors (Lipinski definition) is 2. The summed E-state index contributed by atoms with van der Waals surface area (Å²) in [6, 6.07) is 4.59. The van der Waals surface area contributed by atoms with Crippen LogP contribution in [0.5, 0.6) is 5.75 Å². The molecule has 9 heteroatoms. The highest BCUT2D eigenvalue weighted by Gasteiger charge is 2.28. The Morgan fingerprint density at radius 3 is 2.46 bits per heavy atom. The molecule has 1 heterocycles. The van der Waals surface area contributed by atoms with Crippen LogP contribution in [0.3, 0.4) is 0 Å². The summed E-state index contributed by atoms with van der Waals surface area (Å²) >= 11 is 0. The van der Waals surface area contributed by atoms with E-state index in [1.54, 1.807) is 6.07 Å². The highest BCUT2D eigenvalue weighted by Crippen LogP contribution is 2.28. The number of ether oxygens (including phenoxy) is 2. The van der Waals surface area contributed by atoms with Crippen molar-refractivity contribution in [2.75, 3.05) is 46.2 Å². The van der Waals surface area contributed by atoms with E-state index in [9.17, 15) is 13.2 Å². The maximum atomic E-state index is 12.5. The lowest BCUT2D eigenvalue weighted by Crippen LogP contribution is -3.16. The highest BCUT2D eigenvalue weighted by atomic mass is 32.2. The van der Waals surface area contributed by atoms with Crippen molar-refractivity contribution in [1.29, 1.82) is 0 Å². The van der Waals surface area contributed by atoms with Crippen molar-refractivity contribution >= 4 is 21.6 Å². The maximum absolute atomic E-state index is 12.5. The first-order valence-corrected chi connectivity index (χ1v) is 9.97. The van der Waals surface area contributed by atoms with E-state index in [-0.39, 0.29) is 28.8 Å². The lowest BCUT2D eigenvalue weighted by atomic mass is 10.2. The molecular weight excluding hydrogens is 358 g/mol. The molecule has 1 aromatic rings. The van der Waals surface area contributed by atoms with Gasteiger partial charge in [0.2, 0.25) is 10.0 Å². The second kappa shape index (κ2) is 8.34. The van der Waals surface area contributed by atoms with Crippen LogP contribution < -0.4 is 15.0 Å². The molecule has 0 spiro atoms. The lowest BCUT2D eigenvalue weighted by molar-refractivity contribution is -0.907. The van der Waals surface area contributed by atoms with Gasteiger partial charge in [-0.1, -0.05) is 0 Å². The fourth-order valence-corrected chi connectivity index (χ4v) is 4.19. The average molecular weight is 386 g/mol. The Hall–Kier alpha value is -1.68. The van der Waals surface area contributed by atoms with E-state index in [1.807, 2.05) is 13.8 Å². The number of methoxy groups -OCH3 is 1. The van der Waals surface area contributed by atoms with Crippen LogP contribution >= 0.6 is 0 Å². The van der Waals surface area contributed by atoms with Crippen LogP contribution in [0.15, 0.2) is 23.1 Å². The number of nitrogens with one attached hydrogen (secondary N) is 2. The quantitative estimate of drug-likeness (QED) is 0.693. The third-order valence-corrected chi connectivity index (χ3v) is 6.07. The van der Waals surface area contributed by atoms with Crippen molar-refractivity contribution in [3.05, 3.63) is 18.2 Å². The number of amides is 1. The molecule has 0 aliphatic carbocycles. The molecule has 26 heavy (non-hydrogen) atoms. The van der Waals surface area contributed by atoms with Crippen molar-refractivity contribution in [2.24, 2.45) is 0 Å². The van der Waals surface area contributed by atoms with Crippen molar-refractivity contribution in [1.82, 2.24) is 4.31 Å². The van der Waals surface area contributed by atoms with Crippen LogP contribution in [0.25, 0.3) is 0 Å². The Labute approximate surface area is 155 Å². The minimum atomic E-state index is -3.68. The molecule has 8 nitrogen and oxygen atoms in total. The fraction of sp³-hybridized carbons (Fsp3) is 0.588. The summed E-state index contributed by atoms with van der Waals surface area (Å²) in [5.41, 5.74) is 0.421. The smallest absolute Gasteiger partial charge is 0.279 e. The molecule has 2 atom stereocenters. The van der Waals surface area contributed by atoms with Gasteiger partial charge in [0.05, 0.1) is 7.11 Å². The van der Waals surface area contributed by atoms with Crippen LogP contribution in [0.4, 0.5) is 5.69 Å². The van der Waals surface area contributed by atoms with E-state index in [1.165, 1.54) is 33.3 Å². The van der Waals surface area contributed by atoms with E-state index in [0.717, 1.165) is 22.3 Å². The Kier molecular flexibility index (Phi) is 6.62. The average Bonchev–Trinajstić information content (AvgIpc) is 2.53. The van der Waals surface area contributed by atoms with Gasteiger partial charge in [-0.25, -0.2) is 12.7 Å². The van der Waals surface area contributed by atoms with Gasteiger partial charge < -0.3 is 19.7 Å². The number of nitrogens with zero attached hydrogens (tertiary/aromatic N) is 1. The summed E-state index contributed by atoms with van der Waals surface area (Å²) in [6.07, 6.45) is 0.221. The van der Waals surface area contributed by atoms with E-state index in [2.05, 4.69) is 5.32 Å². The third-order valence-electron chi connectivity index (χ3n) is 4.23. The Balaban J connectivity index is 2.13. The molecule has 146 valence electrons. The van der Waals surface area contributed by atoms with Crippen molar-refractivity contribution in [2.45, 2.75) is 31.0 Å². The van der Waals surface area contributed by atoms with E-state index >= 15 is 0 Å². The zero-order chi connectivity index (χ0) is 19.5. The van der Waals surface area contributed by atoms with Crippen molar-refractivity contribution < 1.29 is 27.6 Å². The lowest BCUT2D eigenvalue weighted by Gasteiger charge is -2.31. The number of quaternary nitrogens is 1. The van der Waals surface area contributed by atoms with Crippen LogP contribution in [0, 0.1) is 0 Å². The van der Waals surface area contributed by atoms with Gasteiger partial charge in [-0.05, 0) is 32.0 Å². The van der Waals surface area contributed by atoms with Gasteiger partial charge in [0, 0.05) is 19.8 Å². The predicted molar refractivity (Wildman–Crippen MR) is 98.1 cm³/mol. The largest absolute Gasteiger partial charge is 0.495 e. The number of anilines is 1. The molecule has 1 amide bonds. The van der Waals surface area contributed by atoms with Gasteiger partial charge in [0.25, 0.3) is 5.91 Å². The van der Waals surface area contributed by atoms with Crippen LogP contribution in [-0.4, -0.2) is 71.7 Å². The Bertz CT molecular complexity index is 741. The molecule has 0 unspecified atom stereocenters. The second-order valence-corrected chi connectivity index (χ2v) is 8.91. The van der Waals surface area contributed by atoms with Crippen LogP contribution in [0.2, 0.25) is 0 Å². The van der Waals surface area contributed by atoms with Gasteiger partial charge in [0.1, 0.15) is 35.9 Å². The summed E-state index contributed by atoms with van der Waals surface area (Å²) in [6.45, 7) is 5.83. The highest BCUT2D eigenvalue weighted by molar-refractivity contribution is 7.89. The molecule has 1 aliphatic heterocycles. The fourth-order valence-electron chi connectivity index (χ4n) is 3.12. The van der Waals surface area contributed by atoms with Gasteiger partial charge >= 0.3 is 0 Å². The summed E-state index contributed by atoms with van der Waals surface area (Å²) in [5, 5.41) is 2.78. The molecule has 0 aromatic heterocycles. The molecule has 0 bridgehead atoms. The van der Waals surface area contributed by atoms with Crippen molar-refractivity contribution in [3.63, 3.8) is 0 Å². The number of sulfonamides is 1. The first-order chi connectivity index (χ1) is 12.1. The number of hydrogen-bond acceptors (Lipinski definition) is 5. The molecule has 0 radical (unpaired) electrons. The zero-order valence-electron chi connectivity index (χ0n) is 15.9. The number of carbonyl (C=O) groups excluding carboxylic acids is 1. The van der Waals surface area contributed by atoms with Gasteiger partial charge in [-0.2, -0.15) is 0 Å². The molecule has 1 aromatic carbocycles. The van der Waals surface area contributed by atoms with Crippen LogP contribution in [-0.2, 0) is 19.6 Å². The van der Waals surface area contributed by atoms with E-state index < -0.39 is 10.0 Å². The SMILES string of the molecule is COc1ccc(NC(=O)C[NH+]2C[C@H](C)O[C@@H](C)C2)cc1S(=O)(=O)N(C)C. The summed E-state index contributed by atoms with van der Waals surface area (Å²) in [7, 11) is 0.622. The minimum Gasteiger partial charge on any atom is -0.495 e. The number of benzene rings is 1. The number of morpholine rings is 1. The Morgan fingerprint density at radius 1 is 1.31 bits per heavy atom. The summed E-state index contributed by atoms with van der Waals surface area (Å²) in [4.78, 5) is 13.5. The molecule has 1 fully saturated rings. The molecule has 0 saturated carbocycles. The third kappa shape index (κ3) is 4.94. The molecule has 2 rings (SSSR count). The predicted octanol–water partition coefficient (Wildman–Crippen LogP) is -0.424. The minimum absolute atomic E-state index is 0.0174. The number of carbonyl (C=O) groups is 1.